The van der Waals surface area contributed by atoms with Crippen molar-refractivity contribution in [2.24, 2.45) is 5.92 Å². The number of anilines is 1. The molecule has 2 heterocycles. The molecule has 29 heavy (non-hydrogen) atoms. The fourth-order valence-electron chi connectivity index (χ4n) is 3.79. The molecule has 2 aromatic carbocycles. The number of rotatable bonds is 5. The van der Waals surface area contributed by atoms with Crippen molar-refractivity contribution in [3.05, 3.63) is 53.1 Å². The lowest BCUT2D eigenvalue weighted by atomic mass is 10.1. The average Bonchev–Trinajstić information content (AvgIpc) is 3.13. The fourth-order valence-corrected chi connectivity index (χ4v) is 4.02. The zero-order valence-corrected chi connectivity index (χ0v) is 17.0. The Morgan fingerprint density at radius 2 is 1.93 bits per heavy atom. The van der Waals surface area contributed by atoms with Gasteiger partial charge in [-0.25, -0.2) is 0 Å². The van der Waals surface area contributed by atoms with E-state index in [0.29, 0.717) is 49.3 Å². The Bertz CT molecular complexity index is 933. The molecule has 4 rings (SSSR count). The summed E-state index contributed by atoms with van der Waals surface area (Å²) in [5.41, 5.74) is 1.63. The number of nitrogens with zero attached hydrogens (tertiary/aromatic N) is 2. The number of halogens is 1. The Kier molecular flexibility index (Phi) is 5.62. The van der Waals surface area contributed by atoms with Crippen LogP contribution < -0.4 is 14.4 Å². The summed E-state index contributed by atoms with van der Waals surface area (Å²) in [7, 11) is 0. The Balaban J connectivity index is 1.46. The number of para-hydroxylation sites is 1. The lowest BCUT2D eigenvalue weighted by Crippen LogP contribution is -2.37. The predicted molar refractivity (Wildman–Crippen MR) is 110 cm³/mol. The highest BCUT2D eigenvalue weighted by Gasteiger charge is 2.37. The number of ether oxygens (including phenoxy) is 2. The number of fused-ring (bicyclic) bond motifs is 1. The second-order valence-corrected chi connectivity index (χ2v) is 7.59. The van der Waals surface area contributed by atoms with E-state index in [1.807, 2.05) is 37.3 Å². The summed E-state index contributed by atoms with van der Waals surface area (Å²) in [6.07, 6.45) is 0.196. The first-order valence-electron chi connectivity index (χ1n) is 9.79. The molecular weight excluding hydrogens is 392 g/mol. The lowest BCUT2D eigenvalue weighted by molar-refractivity contribution is -0.136. The van der Waals surface area contributed by atoms with Crippen LogP contribution in [0.1, 0.15) is 18.9 Å². The maximum atomic E-state index is 13.1. The van der Waals surface area contributed by atoms with E-state index in [0.717, 1.165) is 11.3 Å². The highest BCUT2D eigenvalue weighted by atomic mass is 35.5. The van der Waals surface area contributed by atoms with Crippen LogP contribution in [0.5, 0.6) is 11.5 Å². The molecule has 2 aromatic rings. The minimum Gasteiger partial charge on any atom is -0.486 e. The van der Waals surface area contributed by atoms with Crippen LogP contribution in [0.4, 0.5) is 5.69 Å². The van der Waals surface area contributed by atoms with E-state index in [2.05, 4.69) is 0 Å². The van der Waals surface area contributed by atoms with E-state index < -0.39 is 0 Å². The molecule has 2 amide bonds. The molecule has 0 aromatic heterocycles. The Morgan fingerprint density at radius 1 is 1.17 bits per heavy atom. The molecule has 0 saturated carbocycles. The predicted octanol–water partition coefficient (Wildman–Crippen LogP) is 3.51. The molecule has 7 heteroatoms. The first-order chi connectivity index (χ1) is 14.1. The van der Waals surface area contributed by atoms with Gasteiger partial charge in [-0.2, -0.15) is 0 Å². The molecule has 6 nitrogen and oxygen atoms in total. The number of hydrogen-bond acceptors (Lipinski definition) is 4. The zero-order chi connectivity index (χ0) is 20.4. The fraction of sp³-hybridized carbons (Fsp3) is 0.364. The summed E-state index contributed by atoms with van der Waals surface area (Å²) in [5.74, 6) is 0.956. The van der Waals surface area contributed by atoms with Gasteiger partial charge in [0.05, 0.1) is 16.6 Å². The maximum absolute atomic E-state index is 13.1. The molecular formula is C22H23ClN2O4. The third kappa shape index (κ3) is 4.03. The zero-order valence-electron chi connectivity index (χ0n) is 16.3. The van der Waals surface area contributed by atoms with Crippen LogP contribution in [-0.4, -0.2) is 43.0 Å². The quantitative estimate of drug-likeness (QED) is 0.751. The number of amides is 2. The van der Waals surface area contributed by atoms with Crippen molar-refractivity contribution in [1.82, 2.24) is 4.90 Å². The number of carbonyl (C=O) groups is 2. The first-order valence-corrected chi connectivity index (χ1v) is 10.2. The van der Waals surface area contributed by atoms with Gasteiger partial charge >= 0.3 is 0 Å². The standard InChI is InChI=1S/C22H23ClN2O4/c1-2-24(13-15-7-8-19-20(11-15)29-10-9-28-19)22(27)16-12-21(26)25(14-16)18-6-4-3-5-17(18)23/h3-8,11,16H,2,9-10,12-14H2,1H3/t16-/m0/s1. The van der Waals surface area contributed by atoms with Gasteiger partial charge in [-0.05, 0) is 36.8 Å². The second-order valence-electron chi connectivity index (χ2n) is 7.19. The molecule has 1 saturated heterocycles. The van der Waals surface area contributed by atoms with Gasteiger partial charge in [-0.3, -0.25) is 9.59 Å². The second kappa shape index (κ2) is 8.33. The summed E-state index contributed by atoms with van der Waals surface area (Å²) in [6, 6.07) is 12.9. The number of carbonyl (C=O) groups excluding carboxylic acids is 2. The Morgan fingerprint density at radius 3 is 2.69 bits per heavy atom. The van der Waals surface area contributed by atoms with E-state index in [1.54, 1.807) is 21.9 Å². The molecule has 1 atom stereocenters. The van der Waals surface area contributed by atoms with Gasteiger partial charge in [0.2, 0.25) is 11.8 Å². The molecule has 0 spiro atoms. The van der Waals surface area contributed by atoms with E-state index in [-0.39, 0.29) is 24.2 Å². The third-order valence-corrected chi connectivity index (χ3v) is 5.61. The van der Waals surface area contributed by atoms with Gasteiger partial charge < -0.3 is 19.3 Å². The van der Waals surface area contributed by atoms with Crippen molar-refractivity contribution in [3.63, 3.8) is 0 Å². The average molecular weight is 415 g/mol. The van der Waals surface area contributed by atoms with E-state index in [9.17, 15) is 9.59 Å². The molecule has 0 radical (unpaired) electrons. The summed E-state index contributed by atoms with van der Waals surface area (Å²) in [5, 5.41) is 0.512. The summed E-state index contributed by atoms with van der Waals surface area (Å²) >= 11 is 6.24. The summed E-state index contributed by atoms with van der Waals surface area (Å²) in [4.78, 5) is 29.1. The van der Waals surface area contributed by atoms with E-state index >= 15 is 0 Å². The number of hydrogen-bond donors (Lipinski definition) is 0. The van der Waals surface area contributed by atoms with Crippen LogP contribution in [0.15, 0.2) is 42.5 Å². The summed E-state index contributed by atoms with van der Waals surface area (Å²) < 4.78 is 11.2. The summed E-state index contributed by atoms with van der Waals surface area (Å²) in [6.45, 7) is 4.38. The van der Waals surface area contributed by atoms with Crippen LogP contribution in [0.25, 0.3) is 0 Å². The van der Waals surface area contributed by atoms with Crippen molar-refractivity contribution < 1.29 is 19.1 Å². The van der Waals surface area contributed by atoms with Crippen LogP contribution in [0.3, 0.4) is 0 Å². The van der Waals surface area contributed by atoms with Crippen molar-refractivity contribution >= 4 is 29.1 Å². The lowest BCUT2D eigenvalue weighted by Gasteiger charge is -2.25. The largest absolute Gasteiger partial charge is 0.486 e. The third-order valence-electron chi connectivity index (χ3n) is 5.29. The van der Waals surface area contributed by atoms with Crippen molar-refractivity contribution in [2.75, 3.05) is 31.2 Å². The normalized spacial score (nSPS) is 18.1. The van der Waals surface area contributed by atoms with Crippen LogP contribution >= 0.6 is 11.6 Å². The monoisotopic (exact) mass is 414 g/mol. The highest BCUT2D eigenvalue weighted by Crippen LogP contribution is 2.33. The molecule has 152 valence electrons. The van der Waals surface area contributed by atoms with Gasteiger partial charge in [0.25, 0.3) is 0 Å². The van der Waals surface area contributed by atoms with Crippen molar-refractivity contribution in [1.29, 1.82) is 0 Å². The van der Waals surface area contributed by atoms with Gasteiger partial charge in [0, 0.05) is 26.1 Å². The minimum atomic E-state index is -0.379. The molecule has 0 bridgehead atoms. The van der Waals surface area contributed by atoms with Crippen LogP contribution in [0, 0.1) is 5.92 Å². The van der Waals surface area contributed by atoms with Crippen LogP contribution in [-0.2, 0) is 16.1 Å². The maximum Gasteiger partial charge on any atom is 0.228 e. The minimum absolute atomic E-state index is 0.0229. The Labute approximate surface area is 174 Å². The topological polar surface area (TPSA) is 59.1 Å². The van der Waals surface area contributed by atoms with Gasteiger partial charge in [0.1, 0.15) is 13.2 Å². The molecule has 2 aliphatic heterocycles. The smallest absolute Gasteiger partial charge is 0.228 e. The van der Waals surface area contributed by atoms with Crippen molar-refractivity contribution in [3.8, 4) is 11.5 Å². The van der Waals surface area contributed by atoms with Gasteiger partial charge in [-0.1, -0.05) is 29.8 Å². The highest BCUT2D eigenvalue weighted by molar-refractivity contribution is 6.33. The molecule has 1 fully saturated rings. The van der Waals surface area contributed by atoms with E-state index in [1.165, 1.54) is 0 Å². The number of benzene rings is 2. The molecule has 0 aliphatic carbocycles. The van der Waals surface area contributed by atoms with Gasteiger partial charge in [-0.15, -0.1) is 0 Å². The van der Waals surface area contributed by atoms with Crippen molar-refractivity contribution in [2.45, 2.75) is 19.9 Å². The Hall–Kier alpha value is -2.73. The molecule has 0 unspecified atom stereocenters. The first kappa shape index (κ1) is 19.6. The van der Waals surface area contributed by atoms with Crippen LogP contribution in [0.2, 0.25) is 5.02 Å². The molecule has 0 N–H and O–H groups in total. The molecule has 2 aliphatic rings. The van der Waals surface area contributed by atoms with Gasteiger partial charge in [0.15, 0.2) is 11.5 Å². The van der Waals surface area contributed by atoms with E-state index in [4.69, 9.17) is 21.1 Å². The SMILES string of the molecule is CCN(Cc1ccc2c(c1)OCCO2)C(=O)[C@H]1CC(=O)N(c2ccccc2Cl)C1.